The molecule has 0 spiro atoms. The highest BCUT2D eigenvalue weighted by Gasteiger charge is 2.21. The fourth-order valence-electron chi connectivity index (χ4n) is 5.11. The lowest BCUT2D eigenvalue weighted by Crippen LogP contribution is -2.03. The van der Waals surface area contributed by atoms with Crippen molar-refractivity contribution in [3.05, 3.63) is 113 Å². The lowest BCUT2D eigenvalue weighted by Gasteiger charge is -2.18. The molecule has 4 aromatic rings. The average molecular weight is 445 g/mol. The Morgan fingerprint density at radius 1 is 0.647 bits per heavy atom. The molecule has 1 N–H and O–H groups in total. The van der Waals surface area contributed by atoms with Gasteiger partial charge in [0, 0.05) is 5.56 Å². The van der Waals surface area contributed by atoms with E-state index in [1.54, 1.807) is 0 Å². The molecule has 4 aromatic carbocycles. The first-order chi connectivity index (χ1) is 16.5. The summed E-state index contributed by atoms with van der Waals surface area (Å²) in [5.41, 5.74) is 16.3. The molecule has 1 aliphatic carbocycles. The highest BCUT2D eigenvalue weighted by molar-refractivity contribution is 5.94. The van der Waals surface area contributed by atoms with E-state index in [1.807, 2.05) is 6.21 Å². The lowest BCUT2D eigenvalue weighted by molar-refractivity contribution is 0.835. The van der Waals surface area contributed by atoms with Crippen LogP contribution >= 0.6 is 0 Å². The number of nitrogens with one attached hydrogen (secondary N) is 1. The number of fused-ring (bicyclic) bond motifs is 3. The van der Waals surface area contributed by atoms with E-state index < -0.39 is 0 Å². The molecule has 0 saturated heterocycles. The second-order valence-corrected chi connectivity index (χ2v) is 9.74. The Morgan fingerprint density at radius 2 is 1.21 bits per heavy atom. The monoisotopic (exact) mass is 444 g/mol. The molecule has 0 saturated carbocycles. The number of rotatable bonds is 6. The quantitative estimate of drug-likeness (QED) is 0.206. The van der Waals surface area contributed by atoms with Crippen molar-refractivity contribution in [1.29, 1.82) is 0 Å². The van der Waals surface area contributed by atoms with Crippen LogP contribution in [0.15, 0.2) is 90.0 Å². The van der Waals surface area contributed by atoms with Crippen LogP contribution in [0.25, 0.3) is 22.3 Å². The summed E-state index contributed by atoms with van der Waals surface area (Å²) in [4.78, 5) is 0. The number of hydrazone groups is 1. The molecule has 0 aromatic heterocycles. The third-order valence-electron chi connectivity index (χ3n) is 6.85. The van der Waals surface area contributed by atoms with Gasteiger partial charge in [0.1, 0.15) is 0 Å². The van der Waals surface area contributed by atoms with Gasteiger partial charge in [-0.1, -0.05) is 113 Å². The summed E-state index contributed by atoms with van der Waals surface area (Å²) < 4.78 is 0. The van der Waals surface area contributed by atoms with Crippen molar-refractivity contribution < 1.29 is 0 Å². The van der Waals surface area contributed by atoms with Crippen molar-refractivity contribution in [2.45, 2.75) is 46.0 Å². The number of para-hydroxylation sites is 1. The SMILES string of the molecule is CC(C)c1cccc(C(C)C)c1N/N=C/c1ccccc1-c1cccc2c1Cc1ccccc1-2. The minimum Gasteiger partial charge on any atom is -0.278 e. The average Bonchev–Trinajstić information content (AvgIpc) is 3.23. The molecule has 0 aliphatic heterocycles. The van der Waals surface area contributed by atoms with E-state index in [0.717, 1.165) is 17.7 Å². The third kappa shape index (κ3) is 4.05. The lowest BCUT2D eigenvalue weighted by atomic mass is 9.93. The van der Waals surface area contributed by atoms with Crippen LogP contribution < -0.4 is 5.43 Å². The van der Waals surface area contributed by atoms with Gasteiger partial charge < -0.3 is 0 Å². The van der Waals surface area contributed by atoms with Crippen LogP contribution in [-0.2, 0) is 6.42 Å². The fraction of sp³-hybridized carbons (Fsp3) is 0.219. The highest BCUT2D eigenvalue weighted by atomic mass is 15.3. The first-order valence-electron chi connectivity index (χ1n) is 12.3. The van der Waals surface area contributed by atoms with Crippen molar-refractivity contribution in [2.24, 2.45) is 5.10 Å². The number of anilines is 1. The van der Waals surface area contributed by atoms with Gasteiger partial charge in [0.25, 0.3) is 0 Å². The molecule has 34 heavy (non-hydrogen) atoms. The molecule has 0 atom stereocenters. The normalized spacial score (nSPS) is 12.4. The molecule has 0 bridgehead atoms. The van der Waals surface area contributed by atoms with Gasteiger partial charge in [0.05, 0.1) is 11.9 Å². The molecular formula is C32H32N2. The Kier molecular flexibility index (Phi) is 6.06. The molecule has 0 amide bonds. The number of hydrogen-bond acceptors (Lipinski definition) is 2. The van der Waals surface area contributed by atoms with Gasteiger partial charge in [0.2, 0.25) is 0 Å². The van der Waals surface area contributed by atoms with Gasteiger partial charge in [-0.3, -0.25) is 5.43 Å². The van der Waals surface area contributed by atoms with E-state index in [4.69, 9.17) is 5.10 Å². The topological polar surface area (TPSA) is 24.4 Å². The molecule has 0 radical (unpaired) electrons. The molecule has 5 rings (SSSR count). The van der Waals surface area contributed by atoms with Crippen LogP contribution in [-0.4, -0.2) is 6.21 Å². The van der Waals surface area contributed by atoms with Crippen LogP contribution in [0.4, 0.5) is 5.69 Å². The Balaban J connectivity index is 1.51. The van der Waals surface area contributed by atoms with Gasteiger partial charge in [-0.05, 0) is 62.8 Å². The van der Waals surface area contributed by atoms with Crippen LogP contribution in [0.2, 0.25) is 0 Å². The molecule has 2 nitrogen and oxygen atoms in total. The molecule has 2 heteroatoms. The second kappa shape index (κ2) is 9.30. The standard InChI is InChI=1S/C32H32N2/c1-21(2)25-15-9-16-26(22(3)4)32(25)34-33-20-24-12-6-8-14-28(24)30-18-10-17-29-27-13-7-5-11-23(27)19-31(29)30/h5-18,20-22,34H,19H2,1-4H3/b33-20+. The van der Waals surface area contributed by atoms with E-state index in [9.17, 15) is 0 Å². The smallest absolute Gasteiger partial charge is 0.0630 e. The van der Waals surface area contributed by atoms with Crippen LogP contribution in [0.5, 0.6) is 0 Å². The van der Waals surface area contributed by atoms with Gasteiger partial charge in [0.15, 0.2) is 0 Å². The third-order valence-corrected chi connectivity index (χ3v) is 6.85. The van der Waals surface area contributed by atoms with Crippen molar-refractivity contribution in [3.8, 4) is 22.3 Å². The van der Waals surface area contributed by atoms with E-state index >= 15 is 0 Å². The maximum absolute atomic E-state index is 4.74. The zero-order chi connectivity index (χ0) is 23.7. The molecule has 0 heterocycles. The Hall–Kier alpha value is -3.65. The highest BCUT2D eigenvalue weighted by Crippen LogP contribution is 2.42. The Bertz CT molecular complexity index is 1340. The van der Waals surface area contributed by atoms with Crippen molar-refractivity contribution in [1.82, 2.24) is 0 Å². The second-order valence-electron chi connectivity index (χ2n) is 9.74. The number of nitrogens with zero attached hydrogens (tertiary/aromatic N) is 1. The van der Waals surface area contributed by atoms with E-state index in [-0.39, 0.29) is 0 Å². The maximum atomic E-state index is 4.74. The van der Waals surface area contributed by atoms with Crippen LogP contribution in [0, 0.1) is 0 Å². The zero-order valence-electron chi connectivity index (χ0n) is 20.5. The minimum absolute atomic E-state index is 0.428. The molecule has 0 fully saturated rings. The summed E-state index contributed by atoms with van der Waals surface area (Å²) in [6.07, 6.45) is 2.95. The van der Waals surface area contributed by atoms with Crippen molar-refractivity contribution in [3.63, 3.8) is 0 Å². The number of hydrogen-bond donors (Lipinski definition) is 1. The predicted octanol–water partition coefficient (Wildman–Crippen LogP) is 8.62. The Labute approximate surface area is 203 Å². The minimum atomic E-state index is 0.428. The van der Waals surface area contributed by atoms with Crippen LogP contribution in [0.3, 0.4) is 0 Å². The summed E-state index contributed by atoms with van der Waals surface area (Å²) >= 11 is 0. The first kappa shape index (κ1) is 22.2. The summed E-state index contributed by atoms with van der Waals surface area (Å²) in [6.45, 7) is 8.94. The number of benzene rings is 4. The summed E-state index contributed by atoms with van der Waals surface area (Å²) in [6, 6.07) is 30.5. The molecule has 1 aliphatic rings. The summed E-state index contributed by atoms with van der Waals surface area (Å²) in [7, 11) is 0. The molecule has 0 unspecified atom stereocenters. The largest absolute Gasteiger partial charge is 0.278 e. The first-order valence-corrected chi connectivity index (χ1v) is 12.3. The molecular weight excluding hydrogens is 412 g/mol. The maximum Gasteiger partial charge on any atom is 0.0630 e. The predicted molar refractivity (Wildman–Crippen MR) is 146 cm³/mol. The fourth-order valence-corrected chi connectivity index (χ4v) is 5.11. The van der Waals surface area contributed by atoms with Crippen molar-refractivity contribution >= 4 is 11.9 Å². The van der Waals surface area contributed by atoms with E-state index in [0.29, 0.717) is 11.8 Å². The van der Waals surface area contributed by atoms with E-state index in [2.05, 4.69) is 118 Å². The van der Waals surface area contributed by atoms with Gasteiger partial charge in [-0.2, -0.15) is 5.10 Å². The van der Waals surface area contributed by atoms with E-state index in [1.165, 1.54) is 44.5 Å². The van der Waals surface area contributed by atoms with Crippen LogP contribution in [0.1, 0.15) is 67.3 Å². The van der Waals surface area contributed by atoms with Gasteiger partial charge in [-0.15, -0.1) is 0 Å². The zero-order valence-corrected chi connectivity index (χ0v) is 20.5. The van der Waals surface area contributed by atoms with Gasteiger partial charge >= 0.3 is 0 Å². The van der Waals surface area contributed by atoms with Gasteiger partial charge in [-0.25, -0.2) is 0 Å². The Morgan fingerprint density at radius 3 is 1.91 bits per heavy atom. The molecule has 170 valence electrons. The van der Waals surface area contributed by atoms with Crippen molar-refractivity contribution in [2.75, 3.05) is 5.43 Å². The summed E-state index contributed by atoms with van der Waals surface area (Å²) in [5.74, 6) is 0.856. The summed E-state index contributed by atoms with van der Waals surface area (Å²) in [5, 5.41) is 4.74.